The number of ether oxygens (including phenoxy) is 1. The van der Waals surface area contributed by atoms with Crippen LogP contribution in [0.15, 0.2) is 54.6 Å². The van der Waals surface area contributed by atoms with Gasteiger partial charge in [0.05, 0.1) is 13.2 Å². The van der Waals surface area contributed by atoms with Crippen molar-refractivity contribution in [2.75, 3.05) is 13.7 Å². The van der Waals surface area contributed by atoms with Crippen LogP contribution in [0, 0.1) is 5.92 Å². The van der Waals surface area contributed by atoms with Gasteiger partial charge in [0.2, 0.25) is 0 Å². The molecule has 2 unspecified atom stereocenters. The predicted molar refractivity (Wildman–Crippen MR) is 92.6 cm³/mol. The van der Waals surface area contributed by atoms with Crippen molar-refractivity contribution in [3.05, 3.63) is 65.7 Å². The quantitative estimate of drug-likeness (QED) is 0.785. The largest absolute Gasteiger partial charge is 0.497 e. The van der Waals surface area contributed by atoms with E-state index in [2.05, 4.69) is 35.6 Å². The van der Waals surface area contributed by atoms with Gasteiger partial charge in [0.15, 0.2) is 0 Å². The molecule has 2 atom stereocenters. The van der Waals surface area contributed by atoms with Crippen LogP contribution < -0.4 is 10.1 Å². The zero-order chi connectivity index (χ0) is 16.1. The Labute approximate surface area is 138 Å². The minimum absolute atomic E-state index is 0.442. The third kappa shape index (κ3) is 4.57. The van der Waals surface area contributed by atoms with Crippen LogP contribution in [0.1, 0.15) is 30.1 Å². The van der Waals surface area contributed by atoms with Crippen molar-refractivity contribution in [3.8, 4) is 5.75 Å². The first-order valence-electron chi connectivity index (χ1n) is 8.35. The van der Waals surface area contributed by atoms with Crippen LogP contribution in [0.2, 0.25) is 0 Å². The molecular formula is C20H25NO2. The van der Waals surface area contributed by atoms with Crippen LogP contribution in [0.25, 0.3) is 0 Å². The van der Waals surface area contributed by atoms with Crippen molar-refractivity contribution in [1.29, 1.82) is 0 Å². The molecule has 1 saturated carbocycles. The van der Waals surface area contributed by atoms with Crippen LogP contribution >= 0.6 is 0 Å². The number of benzene rings is 2. The fourth-order valence-corrected chi connectivity index (χ4v) is 3.00. The Kier molecular flexibility index (Phi) is 5.31. The highest BCUT2D eigenvalue weighted by Crippen LogP contribution is 2.34. The van der Waals surface area contributed by atoms with E-state index < -0.39 is 6.10 Å². The molecule has 0 aliphatic heterocycles. The molecule has 3 nitrogen and oxygen atoms in total. The van der Waals surface area contributed by atoms with Gasteiger partial charge in [-0.15, -0.1) is 0 Å². The van der Waals surface area contributed by atoms with E-state index >= 15 is 0 Å². The second-order valence-electron chi connectivity index (χ2n) is 6.33. The van der Waals surface area contributed by atoms with Gasteiger partial charge in [-0.1, -0.05) is 42.5 Å². The Morgan fingerprint density at radius 2 is 1.91 bits per heavy atom. The number of aliphatic hydroxyl groups excluding tert-OH is 1. The van der Waals surface area contributed by atoms with Gasteiger partial charge in [-0.05, 0) is 48.4 Å². The summed E-state index contributed by atoms with van der Waals surface area (Å²) >= 11 is 0. The minimum atomic E-state index is -0.512. The normalized spacial score (nSPS) is 16.8. The fourth-order valence-electron chi connectivity index (χ4n) is 3.00. The molecule has 0 amide bonds. The second-order valence-corrected chi connectivity index (χ2v) is 6.33. The van der Waals surface area contributed by atoms with Crippen molar-refractivity contribution in [1.82, 2.24) is 5.32 Å². The smallest absolute Gasteiger partial charge is 0.119 e. The molecule has 122 valence electrons. The van der Waals surface area contributed by atoms with E-state index in [0.717, 1.165) is 23.7 Å². The summed E-state index contributed by atoms with van der Waals surface area (Å²) < 4.78 is 5.23. The van der Waals surface area contributed by atoms with Crippen molar-refractivity contribution in [2.45, 2.75) is 31.4 Å². The summed E-state index contributed by atoms with van der Waals surface area (Å²) in [6.45, 7) is 0.571. The molecule has 0 spiro atoms. The Hall–Kier alpha value is -1.84. The fraction of sp³-hybridized carbons (Fsp3) is 0.400. The summed E-state index contributed by atoms with van der Waals surface area (Å²) in [6.07, 6.45) is 3.10. The summed E-state index contributed by atoms with van der Waals surface area (Å²) in [5.74, 6) is 1.53. The zero-order valence-corrected chi connectivity index (χ0v) is 13.6. The standard InChI is InChI=1S/C20H25NO2/c1-23-18-9-5-8-17(13-18)20(22)14-21-19(16-10-11-16)12-15-6-3-2-4-7-15/h2-9,13,16,19-22H,10-12,14H2,1H3. The Morgan fingerprint density at radius 3 is 2.61 bits per heavy atom. The number of hydrogen-bond donors (Lipinski definition) is 2. The van der Waals surface area contributed by atoms with Gasteiger partial charge < -0.3 is 15.2 Å². The van der Waals surface area contributed by atoms with Gasteiger partial charge in [-0.3, -0.25) is 0 Å². The van der Waals surface area contributed by atoms with E-state index in [9.17, 15) is 5.11 Å². The van der Waals surface area contributed by atoms with Crippen LogP contribution in [-0.4, -0.2) is 24.8 Å². The number of rotatable bonds is 8. The van der Waals surface area contributed by atoms with Crippen LogP contribution in [0.4, 0.5) is 0 Å². The molecule has 0 bridgehead atoms. The summed E-state index contributed by atoms with van der Waals surface area (Å²) in [5.41, 5.74) is 2.25. The van der Waals surface area contributed by atoms with E-state index in [4.69, 9.17) is 4.74 Å². The molecule has 2 aromatic carbocycles. The molecule has 2 N–H and O–H groups in total. The monoisotopic (exact) mass is 311 g/mol. The van der Waals surface area contributed by atoms with Gasteiger partial charge in [0.25, 0.3) is 0 Å². The lowest BCUT2D eigenvalue weighted by Gasteiger charge is -2.21. The highest BCUT2D eigenvalue weighted by molar-refractivity contribution is 5.30. The topological polar surface area (TPSA) is 41.5 Å². The van der Waals surface area contributed by atoms with Crippen molar-refractivity contribution >= 4 is 0 Å². The van der Waals surface area contributed by atoms with Crippen molar-refractivity contribution in [2.24, 2.45) is 5.92 Å². The van der Waals surface area contributed by atoms with E-state index in [0.29, 0.717) is 12.6 Å². The van der Waals surface area contributed by atoms with E-state index in [1.165, 1.54) is 18.4 Å². The van der Waals surface area contributed by atoms with Crippen molar-refractivity contribution in [3.63, 3.8) is 0 Å². The molecule has 23 heavy (non-hydrogen) atoms. The predicted octanol–water partition coefficient (Wildman–Crippen LogP) is 3.34. The highest BCUT2D eigenvalue weighted by Gasteiger charge is 2.31. The maximum Gasteiger partial charge on any atom is 0.119 e. The Balaban J connectivity index is 1.58. The van der Waals surface area contributed by atoms with E-state index in [1.54, 1.807) is 7.11 Å². The molecule has 1 aliphatic carbocycles. The van der Waals surface area contributed by atoms with Gasteiger partial charge in [0.1, 0.15) is 5.75 Å². The minimum Gasteiger partial charge on any atom is -0.497 e. The molecule has 2 aromatic rings. The maximum absolute atomic E-state index is 10.4. The molecule has 3 rings (SSSR count). The lowest BCUT2D eigenvalue weighted by Crippen LogP contribution is -2.36. The van der Waals surface area contributed by atoms with Crippen molar-refractivity contribution < 1.29 is 9.84 Å². The second kappa shape index (κ2) is 7.62. The summed E-state index contributed by atoms with van der Waals surface area (Å²) in [6, 6.07) is 18.7. The molecule has 0 radical (unpaired) electrons. The third-order valence-electron chi connectivity index (χ3n) is 4.54. The molecule has 1 aliphatic rings. The Bertz CT molecular complexity index is 610. The van der Waals surface area contributed by atoms with E-state index in [-0.39, 0.29) is 0 Å². The molecule has 0 heterocycles. The lowest BCUT2D eigenvalue weighted by atomic mass is 10.0. The van der Waals surface area contributed by atoms with Gasteiger partial charge >= 0.3 is 0 Å². The molecule has 3 heteroatoms. The van der Waals surface area contributed by atoms with Gasteiger partial charge in [-0.2, -0.15) is 0 Å². The first-order valence-corrected chi connectivity index (χ1v) is 8.35. The van der Waals surface area contributed by atoms with Gasteiger partial charge in [0, 0.05) is 12.6 Å². The van der Waals surface area contributed by atoms with E-state index in [1.807, 2.05) is 24.3 Å². The average Bonchev–Trinajstić information content (AvgIpc) is 3.44. The number of hydrogen-bond acceptors (Lipinski definition) is 3. The van der Waals surface area contributed by atoms with Crippen LogP contribution in [-0.2, 0) is 6.42 Å². The lowest BCUT2D eigenvalue weighted by molar-refractivity contribution is 0.167. The van der Waals surface area contributed by atoms with Gasteiger partial charge in [-0.25, -0.2) is 0 Å². The SMILES string of the molecule is COc1cccc(C(O)CNC(Cc2ccccc2)C2CC2)c1. The summed E-state index contributed by atoms with van der Waals surface area (Å²) in [5, 5.41) is 14.0. The molecular weight excluding hydrogens is 286 g/mol. The maximum atomic E-state index is 10.4. The third-order valence-corrected chi connectivity index (χ3v) is 4.54. The Morgan fingerprint density at radius 1 is 1.13 bits per heavy atom. The summed E-state index contributed by atoms with van der Waals surface area (Å²) in [4.78, 5) is 0. The first-order chi connectivity index (χ1) is 11.3. The molecule has 0 saturated heterocycles. The zero-order valence-electron chi connectivity index (χ0n) is 13.6. The highest BCUT2D eigenvalue weighted by atomic mass is 16.5. The summed E-state index contributed by atoms with van der Waals surface area (Å²) in [7, 11) is 1.65. The average molecular weight is 311 g/mol. The number of nitrogens with one attached hydrogen (secondary N) is 1. The molecule has 1 fully saturated rings. The van der Waals surface area contributed by atoms with Crippen LogP contribution in [0.5, 0.6) is 5.75 Å². The molecule has 0 aromatic heterocycles. The number of methoxy groups -OCH3 is 1. The van der Waals surface area contributed by atoms with Crippen LogP contribution in [0.3, 0.4) is 0 Å². The number of aliphatic hydroxyl groups is 1. The first kappa shape index (κ1) is 16.0.